The van der Waals surface area contributed by atoms with Crippen LogP contribution in [0.2, 0.25) is 0 Å². The van der Waals surface area contributed by atoms with Crippen molar-refractivity contribution in [2.45, 2.75) is 37.7 Å². The summed E-state index contributed by atoms with van der Waals surface area (Å²) in [7, 11) is 2.17. The predicted octanol–water partition coefficient (Wildman–Crippen LogP) is 1.38. The molecular weight excluding hydrogens is 188 g/mol. The maximum atomic E-state index is 10.4. The van der Waals surface area contributed by atoms with E-state index >= 15 is 0 Å². The van der Waals surface area contributed by atoms with E-state index < -0.39 is 5.60 Å². The van der Waals surface area contributed by atoms with Gasteiger partial charge >= 0.3 is 0 Å². The van der Waals surface area contributed by atoms with Gasteiger partial charge in [-0.05, 0) is 44.6 Å². The van der Waals surface area contributed by atoms with Gasteiger partial charge in [-0.15, -0.1) is 0 Å². The van der Waals surface area contributed by atoms with E-state index in [2.05, 4.69) is 18.0 Å². The van der Waals surface area contributed by atoms with Gasteiger partial charge < -0.3 is 10.0 Å². The molecule has 2 aliphatic rings. The number of hydrogen-bond donors (Lipinski definition) is 1. The van der Waals surface area contributed by atoms with Gasteiger partial charge in [-0.25, -0.2) is 0 Å². The van der Waals surface area contributed by atoms with Crippen LogP contribution in [0, 0.1) is 23.2 Å². The highest BCUT2D eigenvalue weighted by atomic mass is 16.3. The highest BCUT2D eigenvalue weighted by molar-refractivity contribution is 4.96. The number of nitrogens with zero attached hydrogens (tertiary/aromatic N) is 2. The standard InChI is InChI=1S/C12H20N2O/c1-14-8-10-2-3-11(9-14)7-12(15,6-10)4-5-13/h10-11,15H,2-4,6-9H2,1H3. The minimum Gasteiger partial charge on any atom is -0.389 e. The summed E-state index contributed by atoms with van der Waals surface area (Å²) in [4.78, 5) is 2.38. The van der Waals surface area contributed by atoms with E-state index in [1.165, 1.54) is 12.8 Å². The van der Waals surface area contributed by atoms with Crippen molar-refractivity contribution in [1.29, 1.82) is 5.26 Å². The number of aliphatic hydroxyl groups is 1. The van der Waals surface area contributed by atoms with Crippen LogP contribution in [-0.2, 0) is 0 Å². The molecule has 1 saturated carbocycles. The lowest BCUT2D eigenvalue weighted by atomic mass is 9.83. The van der Waals surface area contributed by atoms with Crippen LogP contribution >= 0.6 is 0 Å². The highest BCUT2D eigenvalue weighted by Crippen LogP contribution is 2.39. The van der Waals surface area contributed by atoms with Crippen LogP contribution in [0.15, 0.2) is 0 Å². The van der Waals surface area contributed by atoms with Crippen LogP contribution in [0.4, 0.5) is 0 Å². The van der Waals surface area contributed by atoms with Crippen molar-refractivity contribution >= 4 is 0 Å². The van der Waals surface area contributed by atoms with Crippen LogP contribution < -0.4 is 0 Å². The maximum Gasteiger partial charge on any atom is 0.0783 e. The number of rotatable bonds is 1. The molecule has 3 heteroatoms. The monoisotopic (exact) mass is 208 g/mol. The Labute approximate surface area is 91.7 Å². The largest absolute Gasteiger partial charge is 0.389 e. The second-order valence-corrected chi connectivity index (χ2v) is 5.50. The molecule has 0 aromatic carbocycles. The molecule has 2 atom stereocenters. The summed E-state index contributed by atoms with van der Waals surface area (Å²) in [5.41, 5.74) is -0.693. The lowest BCUT2D eigenvalue weighted by Crippen LogP contribution is -2.40. The summed E-state index contributed by atoms with van der Waals surface area (Å²) in [6.07, 6.45) is 4.40. The highest BCUT2D eigenvalue weighted by Gasteiger charge is 2.39. The fourth-order valence-corrected chi connectivity index (χ4v) is 3.39. The van der Waals surface area contributed by atoms with Gasteiger partial charge in [-0.2, -0.15) is 5.26 Å². The van der Waals surface area contributed by atoms with Gasteiger partial charge in [0.25, 0.3) is 0 Å². The molecule has 1 saturated heterocycles. The normalized spacial score (nSPS) is 41.9. The molecule has 0 aromatic heterocycles. The second kappa shape index (κ2) is 4.11. The third-order valence-corrected chi connectivity index (χ3v) is 3.87. The first-order valence-electron chi connectivity index (χ1n) is 5.89. The number of hydrogen-bond acceptors (Lipinski definition) is 3. The molecule has 1 aliphatic carbocycles. The van der Waals surface area contributed by atoms with Gasteiger partial charge in [0.15, 0.2) is 0 Å². The Morgan fingerprint density at radius 1 is 1.33 bits per heavy atom. The van der Waals surface area contributed by atoms with Crippen molar-refractivity contribution in [1.82, 2.24) is 4.90 Å². The summed E-state index contributed by atoms with van der Waals surface area (Å²) in [6, 6.07) is 2.14. The molecule has 3 nitrogen and oxygen atoms in total. The fraction of sp³-hybridized carbons (Fsp3) is 0.917. The van der Waals surface area contributed by atoms with E-state index in [-0.39, 0.29) is 0 Å². The Morgan fingerprint density at radius 3 is 2.33 bits per heavy atom. The lowest BCUT2D eigenvalue weighted by Gasteiger charge is -2.34. The van der Waals surface area contributed by atoms with Gasteiger partial charge in [0, 0.05) is 13.1 Å². The molecule has 1 aliphatic heterocycles. The zero-order chi connectivity index (χ0) is 10.9. The van der Waals surface area contributed by atoms with Crippen LogP contribution in [0.25, 0.3) is 0 Å². The minimum atomic E-state index is -0.693. The molecule has 0 amide bonds. The number of likely N-dealkylation sites (tertiary alicyclic amines) is 1. The Balaban J connectivity index is 2.13. The molecule has 0 aromatic rings. The number of fused-ring (bicyclic) bond motifs is 3. The maximum absolute atomic E-state index is 10.4. The molecule has 2 rings (SSSR count). The fourth-order valence-electron chi connectivity index (χ4n) is 3.39. The van der Waals surface area contributed by atoms with E-state index in [0.29, 0.717) is 18.3 Å². The number of nitriles is 1. The predicted molar refractivity (Wildman–Crippen MR) is 58.1 cm³/mol. The van der Waals surface area contributed by atoms with Crippen LogP contribution in [-0.4, -0.2) is 35.7 Å². The molecule has 1 heterocycles. The van der Waals surface area contributed by atoms with Gasteiger partial charge in [0.2, 0.25) is 0 Å². The topological polar surface area (TPSA) is 47.3 Å². The first-order chi connectivity index (χ1) is 7.11. The van der Waals surface area contributed by atoms with E-state index in [1.807, 2.05) is 0 Å². The lowest BCUT2D eigenvalue weighted by molar-refractivity contribution is -0.00857. The van der Waals surface area contributed by atoms with E-state index in [4.69, 9.17) is 5.26 Å². The average molecular weight is 208 g/mol. The molecule has 15 heavy (non-hydrogen) atoms. The SMILES string of the molecule is CN1CC2CCC(C1)CC(O)(CC#N)C2. The average Bonchev–Trinajstić information content (AvgIpc) is 2.34. The Morgan fingerprint density at radius 2 is 1.87 bits per heavy atom. The zero-order valence-electron chi connectivity index (χ0n) is 9.45. The van der Waals surface area contributed by atoms with Crippen molar-refractivity contribution in [2.75, 3.05) is 20.1 Å². The Bertz CT molecular complexity index is 255. The first-order valence-corrected chi connectivity index (χ1v) is 5.89. The van der Waals surface area contributed by atoms with E-state index in [1.54, 1.807) is 0 Å². The summed E-state index contributed by atoms with van der Waals surface area (Å²) >= 11 is 0. The van der Waals surface area contributed by atoms with Crippen LogP contribution in [0.1, 0.15) is 32.1 Å². The molecular formula is C12H20N2O. The van der Waals surface area contributed by atoms with Crippen molar-refractivity contribution in [2.24, 2.45) is 11.8 Å². The van der Waals surface area contributed by atoms with E-state index in [0.717, 1.165) is 25.9 Å². The molecule has 2 fully saturated rings. The second-order valence-electron chi connectivity index (χ2n) is 5.50. The summed E-state index contributed by atoms with van der Waals surface area (Å²) in [5.74, 6) is 1.17. The Kier molecular flexibility index (Phi) is 2.99. The van der Waals surface area contributed by atoms with Gasteiger partial charge in [-0.1, -0.05) is 0 Å². The Hall–Kier alpha value is -0.590. The molecule has 2 bridgehead atoms. The van der Waals surface area contributed by atoms with Crippen molar-refractivity contribution in [3.05, 3.63) is 0 Å². The van der Waals surface area contributed by atoms with Crippen molar-refractivity contribution in [3.8, 4) is 6.07 Å². The van der Waals surface area contributed by atoms with E-state index in [9.17, 15) is 5.11 Å². The molecule has 84 valence electrons. The zero-order valence-corrected chi connectivity index (χ0v) is 9.45. The molecule has 0 radical (unpaired) electrons. The van der Waals surface area contributed by atoms with Gasteiger partial charge in [0.05, 0.1) is 18.1 Å². The molecule has 2 unspecified atom stereocenters. The van der Waals surface area contributed by atoms with Crippen molar-refractivity contribution < 1.29 is 5.11 Å². The quantitative estimate of drug-likeness (QED) is 0.708. The smallest absolute Gasteiger partial charge is 0.0783 e. The van der Waals surface area contributed by atoms with Gasteiger partial charge in [-0.3, -0.25) is 0 Å². The minimum absolute atomic E-state index is 0.309. The summed E-state index contributed by atoms with van der Waals surface area (Å²) < 4.78 is 0. The third kappa shape index (κ3) is 2.50. The van der Waals surface area contributed by atoms with Gasteiger partial charge in [0.1, 0.15) is 0 Å². The molecule has 0 spiro atoms. The van der Waals surface area contributed by atoms with Crippen molar-refractivity contribution in [3.63, 3.8) is 0 Å². The van der Waals surface area contributed by atoms with Crippen LogP contribution in [0.5, 0.6) is 0 Å². The summed E-state index contributed by atoms with van der Waals surface area (Å²) in [5, 5.41) is 19.2. The van der Waals surface area contributed by atoms with Crippen LogP contribution in [0.3, 0.4) is 0 Å². The molecule has 1 N–H and O–H groups in total. The third-order valence-electron chi connectivity index (χ3n) is 3.87. The summed E-state index contributed by atoms with van der Waals surface area (Å²) in [6.45, 7) is 2.18. The first kappa shape index (κ1) is 10.9.